The first kappa shape index (κ1) is 14.0. The van der Waals surface area contributed by atoms with Gasteiger partial charge < -0.3 is 10.2 Å². The zero-order chi connectivity index (χ0) is 13.9. The van der Waals surface area contributed by atoms with Crippen LogP contribution in [0.4, 0.5) is 4.39 Å². The van der Waals surface area contributed by atoms with E-state index in [2.05, 4.69) is 10.2 Å². The lowest BCUT2D eigenvalue weighted by Gasteiger charge is -2.16. The summed E-state index contributed by atoms with van der Waals surface area (Å²) in [6, 6.07) is 5.96. The number of rotatable bonds is 5. The minimum Gasteiger partial charge on any atom is -0.420 e. The van der Waals surface area contributed by atoms with Gasteiger partial charge in [-0.15, -0.1) is 10.2 Å². The van der Waals surface area contributed by atoms with Gasteiger partial charge in [-0.2, -0.15) is 11.8 Å². The van der Waals surface area contributed by atoms with Gasteiger partial charge in [-0.25, -0.2) is 4.39 Å². The lowest BCUT2D eigenvalue weighted by molar-refractivity contribution is 0.527. The molecular formula is C13H16FN3OS. The Kier molecular flexibility index (Phi) is 4.21. The van der Waals surface area contributed by atoms with Crippen LogP contribution in [-0.4, -0.2) is 21.5 Å². The highest BCUT2D eigenvalue weighted by molar-refractivity contribution is 7.98. The van der Waals surface area contributed by atoms with Crippen molar-refractivity contribution >= 4 is 11.8 Å². The molecule has 0 amide bonds. The molecule has 0 spiro atoms. The van der Waals surface area contributed by atoms with E-state index in [9.17, 15) is 4.39 Å². The molecule has 19 heavy (non-hydrogen) atoms. The van der Waals surface area contributed by atoms with Crippen LogP contribution in [0.1, 0.15) is 19.7 Å². The summed E-state index contributed by atoms with van der Waals surface area (Å²) < 4.78 is 18.3. The van der Waals surface area contributed by atoms with Crippen LogP contribution < -0.4 is 5.73 Å². The van der Waals surface area contributed by atoms with Gasteiger partial charge in [0.05, 0.1) is 5.75 Å². The molecule has 2 rings (SSSR count). The highest BCUT2D eigenvalue weighted by Crippen LogP contribution is 2.21. The van der Waals surface area contributed by atoms with E-state index in [-0.39, 0.29) is 11.4 Å². The zero-order valence-electron chi connectivity index (χ0n) is 10.9. The van der Waals surface area contributed by atoms with E-state index in [4.69, 9.17) is 10.2 Å². The van der Waals surface area contributed by atoms with Crippen LogP contribution in [0.3, 0.4) is 0 Å². The lowest BCUT2D eigenvalue weighted by Crippen LogP contribution is -2.34. The first-order valence-corrected chi connectivity index (χ1v) is 7.04. The molecule has 1 heterocycles. The number of nitrogens with zero attached hydrogens (tertiary/aromatic N) is 2. The molecular weight excluding hydrogens is 265 g/mol. The van der Waals surface area contributed by atoms with Gasteiger partial charge in [0.25, 0.3) is 0 Å². The second-order valence-electron chi connectivity index (χ2n) is 4.99. The summed E-state index contributed by atoms with van der Waals surface area (Å²) in [5.41, 5.74) is 6.38. The Labute approximate surface area is 115 Å². The van der Waals surface area contributed by atoms with Crippen molar-refractivity contribution in [3.05, 3.63) is 36.0 Å². The molecule has 1 aromatic heterocycles. The normalized spacial score (nSPS) is 11.8. The summed E-state index contributed by atoms with van der Waals surface area (Å²) >= 11 is 1.64. The van der Waals surface area contributed by atoms with Crippen molar-refractivity contribution < 1.29 is 8.81 Å². The molecule has 0 saturated heterocycles. The summed E-state index contributed by atoms with van der Waals surface area (Å²) in [5, 5.41) is 7.91. The number of hydrogen-bond donors (Lipinski definition) is 1. The van der Waals surface area contributed by atoms with Gasteiger partial charge in [-0.1, -0.05) is 0 Å². The van der Waals surface area contributed by atoms with Gasteiger partial charge in [-0.05, 0) is 38.1 Å². The van der Waals surface area contributed by atoms with Gasteiger partial charge in [-0.3, -0.25) is 0 Å². The molecule has 0 bridgehead atoms. The van der Waals surface area contributed by atoms with Crippen molar-refractivity contribution in [1.82, 2.24) is 10.2 Å². The molecule has 0 aliphatic rings. The second-order valence-corrected chi connectivity index (χ2v) is 5.97. The summed E-state index contributed by atoms with van der Waals surface area (Å²) in [5.74, 6) is 2.09. The van der Waals surface area contributed by atoms with Crippen molar-refractivity contribution in [2.45, 2.75) is 25.1 Å². The predicted octanol–water partition coefficient (Wildman–Crippen LogP) is 2.85. The van der Waals surface area contributed by atoms with Crippen LogP contribution in [0.25, 0.3) is 11.5 Å². The van der Waals surface area contributed by atoms with Crippen LogP contribution in [0.15, 0.2) is 28.7 Å². The van der Waals surface area contributed by atoms with Crippen LogP contribution >= 0.6 is 11.8 Å². The highest BCUT2D eigenvalue weighted by atomic mass is 32.2. The Morgan fingerprint density at radius 3 is 2.58 bits per heavy atom. The maximum absolute atomic E-state index is 12.8. The number of thioether (sulfide) groups is 1. The average molecular weight is 281 g/mol. The molecule has 1 aromatic carbocycles. The van der Waals surface area contributed by atoms with E-state index in [1.165, 1.54) is 12.1 Å². The Bertz CT molecular complexity index is 534. The Morgan fingerprint density at radius 2 is 1.95 bits per heavy atom. The van der Waals surface area contributed by atoms with Crippen molar-refractivity contribution in [3.63, 3.8) is 0 Å². The number of aromatic nitrogens is 2. The highest BCUT2D eigenvalue weighted by Gasteiger charge is 2.13. The molecule has 0 atom stereocenters. The average Bonchev–Trinajstić information content (AvgIpc) is 2.77. The van der Waals surface area contributed by atoms with Crippen molar-refractivity contribution in [1.29, 1.82) is 0 Å². The Morgan fingerprint density at radius 1 is 1.26 bits per heavy atom. The van der Waals surface area contributed by atoms with Gasteiger partial charge in [0.2, 0.25) is 11.8 Å². The largest absolute Gasteiger partial charge is 0.420 e. The third kappa shape index (κ3) is 4.33. The maximum Gasteiger partial charge on any atom is 0.247 e. The van der Waals surface area contributed by atoms with Crippen molar-refractivity contribution in [2.24, 2.45) is 5.73 Å². The monoisotopic (exact) mass is 281 g/mol. The van der Waals surface area contributed by atoms with E-state index in [0.29, 0.717) is 23.1 Å². The second kappa shape index (κ2) is 5.71. The Hall–Kier alpha value is -1.40. The van der Waals surface area contributed by atoms with Crippen LogP contribution in [0.5, 0.6) is 0 Å². The Balaban J connectivity index is 1.97. The smallest absolute Gasteiger partial charge is 0.247 e. The summed E-state index contributed by atoms with van der Waals surface area (Å²) in [4.78, 5) is 0. The van der Waals surface area contributed by atoms with E-state index < -0.39 is 0 Å². The van der Waals surface area contributed by atoms with Crippen LogP contribution in [-0.2, 0) is 5.75 Å². The van der Waals surface area contributed by atoms with Gasteiger partial charge >= 0.3 is 0 Å². The number of halogens is 1. The molecule has 2 N–H and O–H groups in total. The zero-order valence-corrected chi connectivity index (χ0v) is 11.7. The molecule has 0 unspecified atom stereocenters. The number of hydrogen-bond acceptors (Lipinski definition) is 5. The third-order valence-electron chi connectivity index (χ3n) is 2.26. The standard InChI is InChI=1S/C13H16FN3OS/c1-13(2,15)8-19-7-11-16-17-12(18-11)9-3-5-10(14)6-4-9/h3-6H,7-8,15H2,1-2H3. The quantitative estimate of drug-likeness (QED) is 0.913. The molecule has 0 aliphatic heterocycles. The topological polar surface area (TPSA) is 64.9 Å². The fourth-order valence-electron chi connectivity index (χ4n) is 1.42. The number of benzene rings is 1. The van der Waals surface area contributed by atoms with Crippen molar-refractivity contribution in [2.75, 3.05) is 5.75 Å². The predicted molar refractivity (Wildman–Crippen MR) is 74.1 cm³/mol. The summed E-state index contributed by atoms with van der Waals surface area (Å²) in [7, 11) is 0. The van der Waals surface area contributed by atoms with Gasteiger partial charge in [0.1, 0.15) is 5.82 Å². The molecule has 0 saturated carbocycles. The van der Waals surface area contributed by atoms with E-state index in [1.54, 1.807) is 23.9 Å². The SMILES string of the molecule is CC(C)(N)CSCc1nnc(-c2ccc(F)cc2)o1. The molecule has 0 radical (unpaired) electrons. The molecule has 2 aromatic rings. The van der Waals surface area contributed by atoms with E-state index in [0.717, 1.165) is 5.75 Å². The van der Waals surface area contributed by atoms with E-state index >= 15 is 0 Å². The fraction of sp³-hybridized carbons (Fsp3) is 0.385. The minimum atomic E-state index is -0.288. The fourth-order valence-corrected chi connectivity index (χ4v) is 2.34. The minimum absolute atomic E-state index is 0.218. The molecule has 0 fully saturated rings. The summed E-state index contributed by atoms with van der Waals surface area (Å²) in [6.07, 6.45) is 0. The first-order valence-electron chi connectivity index (χ1n) is 5.89. The van der Waals surface area contributed by atoms with Gasteiger partial charge in [0, 0.05) is 16.9 Å². The van der Waals surface area contributed by atoms with E-state index in [1.807, 2.05) is 13.8 Å². The number of nitrogens with two attached hydrogens (primary N) is 1. The van der Waals surface area contributed by atoms with Crippen LogP contribution in [0, 0.1) is 5.82 Å². The molecule has 0 aliphatic carbocycles. The van der Waals surface area contributed by atoms with Crippen LogP contribution in [0.2, 0.25) is 0 Å². The molecule has 4 nitrogen and oxygen atoms in total. The van der Waals surface area contributed by atoms with Gasteiger partial charge in [0.15, 0.2) is 0 Å². The first-order chi connectivity index (χ1) is 8.94. The third-order valence-corrected chi connectivity index (χ3v) is 3.66. The molecule has 6 heteroatoms. The summed E-state index contributed by atoms with van der Waals surface area (Å²) in [6.45, 7) is 3.94. The van der Waals surface area contributed by atoms with Crippen molar-refractivity contribution in [3.8, 4) is 11.5 Å². The lowest BCUT2D eigenvalue weighted by atomic mass is 10.1. The maximum atomic E-state index is 12.8. The molecule has 102 valence electrons.